The maximum atomic E-state index is 13.0. The molecule has 1 saturated carbocycles. The molecule has 2 atom stereocenters. The van der Waals surface area contributed by atoms with E-state index >= 15 is 0 Å². The largest absolute Gasteiger partial charge is 0.408 e. The molecular weight excluding hydrogens is 293 g/mol. The van der Waals surface area contributed by atoms with E-state index in [9.17, 15) is 18.0 Å². The smallest absolute Gasteiger partial charge is 0.344 e. The summed E-state index contributed by atoms with van der Waals surface area (Å²) >= 11 is 0. The van der Waals surface area contributed by atoms with Crippen molar-refractivity contribution in [3.05, 3.63) is 0 Å². The van der Waals surface area contributed by atoms with E-state index in [0.717, 1.165) is 32.2 Å². The first-order valence-corrected chi connectivity index (χ1v) is 7.06. The third-order valence-corrected chi connectivity index (χ3v) is 4.13. The van der Waals surface area contributed by atoms with E-state index in [4.69, 9.17) is 0 Å². The molecule has 0 radical (unpaired) electrons. The van der Waals surface area contributed by atoms with E-state index in [1.165, 1.54) is 0 Å². The molecule has 1 saturated heterocycles. The van der Waals surface area contributed by atoms with Crippen molar-refractivity contribution in [3.8, 4) is 0 Å². The third kappa shape index (κ3) is 4.81. The van der Waals surface area contributed by atoms with Crippen LogP contribution in [0.3, 0.4) is 0 Å². The summed E-state index contributed by atoms with van der Waals surface area (Å²) in [6, 6.07) is -1.62. The topological polar surface area (TPSA) is 41.1 Å². The van der Waals surface area contributed by atoms with E-state index in [2.05, 4.69) is 10.6 Å². The quantitative estimate of drug-likeness (QED) is 0.838. The fourth-order valence-corrected chi connectivity index (χ4v) is 3.14. The number of nitrogens with one attached hydrogen (secondary N) is 2. The van der Waals surface area contributed by atoms with Crippen LogP contribution in [0.2, 0.25) is 0 Å². The van der Waals surface area contributed by atoms with Crippen molar-refractivity contribution in [2.45, 2.75) is 63.2 Å². The summed E-state index contributed by atoms with van der Waals surface area (Å²) < 4.78 is 39.0. The molecule has 2 unspecified atom stereocenters. The lowest BCUT2D eigenvalue weighted by atomic mass is 9.97. The van der Waals surface area contributed by atoms with Gasteiger partial charge in [-0.15, -0.1) is 12.4 Å². The zero-order valence-electron chi connectivity index (χ0n) is 11.3. The molecule has 1 heterocycles. The molecule has 2 fully saturated rings. The van der Waals surface area contributed by atoms with Crippen LogP contribution in [0, 0.1) is 5.92 Å². The van der Waals surface area contributed by atoms with Gasteiger partial charge in [-0.2, -0.15) is 13.2 Å². The monoisotopic (exact) mass is 314 g/mol. The van der Waals surface area contributed by atoms with Crippen molar-refractivity contribution >= 4 is 18.3 Å². The Labute approximate surface area is 123 Å². The van der Waals surface area contributed by atoms with E-state index in [-0.39, 0.29) is 24.9 Å². The van der Waals surface area contributed by atoms with Crippen LogP contribution in [0.15, 0.2) is 0 Å². The summed E-state index contributed by atoms with van der Waals surface area (Å²) in [5.41, 5.74) is 0. The summed E-state index contributed by atoms with van der Waals surface area (Å²) in [6.07, 6.45) is 0.455. The Hall–Kier alpha value is -0.490. The number of halogens is 4. The van der Waals surface area contributed by atoms with Crippen molar-refractivity contribution < 1.29 is 18.0 Å². The first-order valence-electron chi connectivity index (χ1n) is 7.06. The predicted octanol–water partition coefficient (Wildman–Crippen LogP) is 2.79. The normalized spacial score (nSPS) is 25.2. The number of hydrogen-bond donors (Lipinski definition) is 2. The number of amides is 1. The SMILES string of the molecule is Cl.O=C(CC1CCCN1)NC(C1CCCC1)C(F)(F)F. The van der Waals surface area contributed by atoms with Gasteiger partial charge in [-0.25, -0.2) is 0 Å². The number of rotatable bonds is 4. The van der Waals surface area contributed by atoms with Crippen molar-refractivity contribution in [2.75, 3.05) is 6.54 Å². The first-order chi connectivity index (χ1) is 8.97. The van der Waals surface area contributed by atoms with Gasteiger partial charge in [0.1, 0.15) is 6.04 Å². The molecule has 2 rings (SSSR count). The molecule has 1 aliphatic heterocycles. The van der Waals surface area contributed by atoms with Crippen molar-refractivity contribution in [1.82, 2.24) is 10.6 Å². The Morgan fingerprint density at radius 3 is 2.35 bits per heavy atom. The molecule has 20 heavy (non-hydrogen) atoms. The van der Waals surface area contributed by atoms with Crippen LogP contribution >= 0.6 is 12.4 Å². The summed E-state index contributed by atoms with van der Waals surface area (Å²) in [7, 11) is 0. The van der Waals surface area contributed by atoms with Gasteiger partial charge in [0.05, 0.1) is 0 Å². The second-order valence-corrected chi connectivity index (χ2v) is 5.63. The molecular formula is C13H22ClF3N2O. The van der Waals surface area contributed by atoms with Crippen LogP contribution in [0.4, 0.5) is 13.2 Å². The molecule has 118 valence electrons. The molecule has 0 bridgehead atoms. The maximum absolute atomic E-state index is 13.0. The standard InChI is InChI=1S/C13H21F3N2O.ClH/c14-13(15,16)12(9-4-1-2-5-9)18-11(19)8-10-6-3-7-17-10;/h9-10,12,17H,1-8H2,(H,18,19);1H. The lowest BCUT2D eigenvalue weighted by Gasteiger charge is -2.27. The van der Waals surface area contributed by atoms with Crippen LogP contribution in [-0.4, -0.2) is 30.7 Å². The maximum Gasteiger partial charge on any atom is 0.408 e. The Morgan fingerprint density at radius 2 is 1.85 bits per heavy atom. The van der Waals surface area contributed by atoms with Gasteiger partial charge in [0.2, 0.25) is 5.91 Å². The van der Waals surface area contributed by atoms with Crippen molar-refractivity contribution in [2.24, 2.45) is 5.92 Å². The van der Waals surface area contributed by atoms with Crippen molar-refractivity contribution in [1.29, 1.82) is 0 Å². The second kappa shape index (κ2) is 7.50. The molecule has 0 aromatic rings. The van der Waals surface area contributed by atoms with Gasteiger partial charge in [-0.3, -0.25) is 4.79 Å². The van der Waals surface area contributed by atoms with E-state index < -0.39 is 24.0 Å². The highest BCUT2D eigenvalue weighted by molar-refractivity contribution is 5.85. The molecule has 3 nitrogen and oxygen atoms in total. The van der Waals surface area contributed by atoms with E-state index in [1.807, 2.05) is 0 Å². The van der Waals surface area contributed by atoms with E-state index in [0.29, 0.717) is 12.8 Å². The zero-order chi connectivity index (χ0) is 13.9. The van der Waals surface area contributed by atoms with Crippen LogP contribution in [0.25, 0.3) is 0 Å². The fourth-order valence-electron chi connectivity index (χ4n) is 3.14. The van der Waals surface area contributed by atoms with Gasteiger partial charge < -0.3 is 10.6 Å². The lowest BCUT2D eigenvalue weighted by Crippen LogP contribution is -2.50. The number of alkyl halides is 3. The zero-order valence-corrected chi connectivity index (χ0v) is 12.2. The van der Waals surface area contributed by atoms with Crippen LogP contribution in [0.5, 0.6) is 0 Å². The molecule has 0 aromatic carbocycles. The lowest BCUT2D eigenvalue weighted by molar-refractivity contribution is -0.172. The molecule has 1 aliphatic carbocycles. The van der Waals surface area contributed by atoms with Crippen molar-refractivity contribution in [3.63, 3.8) is 0 Å². The molecule has 1 amide bonds. The van der Waals surface area contributed by atoms with Gasteiger partial charge in [-0.05, 0) is 38.1 Å². The van der Waals surface area contributed by atoms with Gasteiger partial charge >= 0.3 is 6.18 Å². The van der Waals surface area contributed by atoms with Crippen LogP contribution in [-0.2, 0) is 4.79 Å². The highest BCUT2D eigenvalue weighted by Crippen LogP contribution is 2.35. The fraction of sp³-hybridized carbons (Fsp3) is 0.923. The average molecular weight is 315 g/mol. The van der Waals surface area contributed by atoms with Gasteiger partial charge in [0.15, 0.2) is 0 Å². The van der Waals surface area contributed by atoms with E-state index in [1.54, 1.807) is 0 Å². The molecule has 2 aliphatic rings. The van der Waals surface area contributed by atoms with Crippen LogP contribution in [0.1, 0.15) is 44.9 Å². The molecule has 0 aromatic heterocycles. The summed E-state index contributed by atoms with van der Waals surface area (Å²) in [5, 5.41) is 5.35. The molecule has 7 heteroatoms. The van der Waals surface area contributed by atoms with Crippen LogP contribution < -0.4 is 10.6 Å². The molecule has 0 spiro atoms. The Morgan fingerprint density at radius 1 is 1.20 bits per heavy atom. The minimum absolute atomic E-state index is 0. The number of hydrogen-bond acceptors (Lipinski definition) is 2. The molecule has 2 N–H and O–H groups in total. The second-order valence-electron chi connectivity index (χ2n) is 5.63. The highest BCUT2D eigenvalue weighted by Gasteiger charge is 2.46. The Bertz CT molecular complexity index is 313. The number of carbonyl (C=O) groups excluding carboxylic acids is 1. The first kappa shape index (κ1) is 17.6. The Balaban J connectivity index is 0.00000200. The summed E-state index contributed by atoms with van der Waals surface area (Å²) in [5.74, 6) is -0.922. The Kier molecular flexibility index (Phi) is 6.58. The highest BCUT2D eigenvalue weighted by atomic mass is 35.5. The van der Waals surface area contributed by atoms with Gasteiger partial charge in [0.25, 0.3) is 0 Å². The summed E-state index contributed by atoms with van der Waals surface area (Å²) in [4.78, 5) is 11.8. The average Bonchev–Trinajstić information content (AvgIpc) is 2.96. The number of carbonyl (C=O) groups is 1. The summed E-state index contributed by atoms with van der Waals surface area (Å²) in [6.45, 7) is 0.850. The van der Waals surface area contributed by atoms with Gasteiger partial charge in [-0.1, -0.05) is 12.8 Å². The minimum Gasteiger partial charge on any atom is -0.344 e. The third-order valence-electron chi connectivity index (χ3n) is 4.13. The predicted molar refractivity (Wildman–Crippen MR) is 72.8 cm³/mol. The minimum atomic E-state index is -4.34. The van der Waals surface area contributed by atoms with Gasteiger partial charge in [0, 0.05) is 12.5 Å².